The van der Waals surface area contributed by atoms with Crippen molar-refractivity contribution in [2.45, 2.75) is 19.9 Å². The van der Waals surface area contributed by atoms with Crippen LogP contribution in [0.4, 0.5) is 0 Å². The Morgan fingerprint density at radius 2 is 2.21 bits per heavy atom. The predicted octanol–water partition coefficient (Wildman–Crippen LogP) is 2.20. The average Bonchev–Trinajstić information content (AvgIpc) is 2.87. The summed E-state index contributed by atoms with van der Waals surface area (Å²) in [6.45, 7) is 6.17. The third kappa shape index (κ3) is 3.91. The van der Waals surface area contributed by atoms with Crippen LogP contribution in [-0.2, 0) is 6.54 Å². The Hall–Kier alpha value is -1.99. The molecule has 0 N–H and O–H groups in total. The molecule has 3 rings (SSSR count). The first-order valence-electron chi connectivity index (χ1n) is 8.09. The Morgan fingerprint density at radius 1 is 1.33 bits per heavy atom. The molecule has 128 valence electrons. The van der Waals surface area contributed by atoms with Crippen LogP contribution in [0, 0.1) is 6.92 Å². The number of carbonyl (C=O) groups excluding carboxylic acids is 1. The highest BCUT2D eigenvalue weighted by Crippen LogP contribution is 2.18. The molecule has 1 amide bonds. The Labute approximate surface area is 146 Å². The molecule has 0 bridgehead atoms. The SMILES string of the molecule is COc1ncccc1C(=O)N1CCCN(Cc2csc(C)n2)CC1. The summed E-state index contributed by atoms with van der Waals surface area (Å²) in [5, 5.41) is 3.21. The topological polar surface area (TPSA) is 58.6 Å². The van der Waals surface area contributed by atoms with Gasteiger partial charge in [-0.05, 0) is 25.5 Å². The largest absolute Gasteiger partial charge is 0.480 e. The molecule has 1 aliphatic rings. The van der Waals surface area contributed by atoms with Crippen molar-refractivity contribution in [1.82, 2.24) is 19.8 Å². The number of nitrogens with zero attached hydrogens (tertiary/aromatic N) is 4. The lowest BCUT2D eigenvalue weighted by Crippen LogP contribution is -2.35. The van der Waals surface area contributed by atoms with Gasteiger partial charge in [-0.15, -0.1) is 11.3 Å². The summed E-state index contributed by atoms with van der Waals surface area (Å²) in [6.07, 6.45) is 2.59. The lowest BCUT2D eigenvalue weighted by Gasteiger charge is -2.22. The molecule has 0 unspecified atom stereocenters. The van der Waals surface area contributed by atoms with E-state index in [4.69, 9.17) is 4.74 Å². The standard InChI is InChI=1S/C17H22N4O2S/c1-13-19-14(12-24-13)11-20-7-4-8-21(10-9-20)17(22)15-5-3-6-18-16(15)23-2/h3,5-6,12H,4,7-11H2,1-2H3. The molecule has 0 aliphatic carbocycles. The summed E-state index contributed by atoms with van der Waals surface area (Å²) in [7, 11) is 1.54. The van der Waals surface area contributed by atoms with Crippen LogP contribution in [0.15, 0.2) is 23.7 Å². The number of ether oxygens (including phenoxy) is 1. The molecule has 0 radical (unpaired) electrons. The summed E-state index contributed by atoms with van der Waals surface area (Å²) >= 11 is 1.68. The molecule has 0 saturated carbocycles. The highest BCUT2D eigenvalue weighted by Gasteiger charge is 2.23. The van der Waals surface area contributed by atoms with Gasteiger partial charge in [0.05, 0.1) is 17.8 Å². The van der Waals surface area contributed by atoms with Crippen molar-refractivity contribution in [2.75, 3.05) is 33.3 Å². The maximum absolute atomic E-state index is 12.8. The van der Waals surface area contributed by atoms with E-state index in [0.29, 0.717) is 18.0 Å². The summed E-state index contributed by atoms with van der Waals surface area (Å²) in [4.78, 5) is 25.7. The van der Waals surface area contributed by atoms with Crippen LogP contribution in [-0.4, -0.2) is 59.0 Å². The number of carbonyl (C=O) groups is 1. The van der Waals surface area contributed by atoms with Gasteiger partial charge >= 0.3 is 0 Å². The van der Waals surface area contributed by atoms with Gasteiger partial charge in [0.25, 0.3) is 5.91 Å². The zero-order chi connectivity index (χ0) is 16.9. The molecule has 1 aliphatic heterocycles. The van der Waals surface area contributed by atoms with E-state index in [9.17, 15) is 4.79 Å². The number of rotatable bonds is 4. The molecule has 1 fully saturated rings. The van der Waals surface area contributed by atoms with Gasteiger partial charge in [0.1, 0.15) is 5.56 Å². The van der Waals surface area contributed by atoms with Gasteiger partial charge in [-0.25, -0.2) is 9.97 Å². The number of hydrogen-bond donors (Lipinski definition) is 0. The monoisotopic (exact) mass is 346 g/mol. The van der Waals surface area contributed by atoms with E-state index in [0.717, 1.165) is 43.3 Å². The lowest BCUT2D eigenvalue weighted by atomic mass is 10.2. The van der Waals surface area contributed by atoms with Crippen molar-refractivity contribution < 1.29 is 9.53 Å². The Kier molecular flexibility index (Phi) is 5.42. The summed E-state index contributed by atoms with van der Waals surface area (Å²) < 4.78 is 5.21. The second-order valence-electron chi connectivity index (χ2n) is 5.84. The average molecular weight is 346 g/mol. The predicted molar refractivity (Wildman–Crippen MR) is 93.4 cm³/mol. The molecule has 7 heteroatoms. The number of thiazole rings is 1. The van der Waals surface area contributed by atoms with Gasteiger partial charge in [0, 0.05) is 44.3 Å². The van der Waals surface area contributed by atoms with Crippen molar-refractivity contribution >= 4 is 17.2 Å². The fourth-order valence-electron chi connectivity index (χ4n) is 2.93. The third-order valence-electron chi connectivity index (χ3n) is 4.12. The van der Waals surface area contributed by atoms with Crippen LogP contribution in [0.25, 0.3) is 0 Å². The van der Waals surface area contributed by atoms with Crippen LogP contribution in [0.3, 0.4) is 0 Å². The molecular formula is C17H22N4O2S. The smallest absolute Gasteiger partial charge is 0.259 e. The second-order valence-corrected chi connectivity index (χ2v) is 6.90. The minimum atomic E-state index is -0.00805. The summed E-state index contributed by atoms with van der Waals surface area (Å²) in [5.41, 5.74) is 1.65. The van der Waals surface area contributed by atoms with Crippen molar-refractivity contribution in [1.29, 1.82) is 0 Å². The highest BCUT2D eigenvalue weighted by molar-refractivity contribution is 7.09. The van der Waals surface area contributed by atoms with Crippen LogP contribution in [0.5, 0.6) is 5.88 Å². The highest BCUT2D eigenvalue weighted by atomic mass is 32.1. The van der Waals surface area contributed by atoms with E-state index in [1.807, 2.05) is 11.8 Å². The van der Waals surface area contributed by atoms with Gasteiger partial charge in [-0.3, -0.25) is 9.69 Å². The Balaban J connectivity index is 1.63. The van der Waals surface area contributed by atoms with Gasteiger partial charge in [0.15, 0.2) is 0 Å². The number of amides is 1. The van der Waals surface area contributed by atoms with Gasteiger partial charge < -0.3 is 9.64 Å². The second kappa shape index (κ2) is 7.72. The minimum Gasteiger partial charge on any atom is -0.480 e. The number of pyridine rings is 1. The number of hydrogen-bond acceptors (Lipinski definition) is 6. The first-order chi connectivity index (χ1) is 11.7. The molecule has 6 nitrogen and oxygen atoms in total. The van der Waals surface area contributed by atoms with E-state index < -0.39 is 0 Å². The molecule has 3 heterocycles. The summed E-state index contributed by atoms with van der Waals surface area (Å²) in [6, 6.07) is 3.54. The van der Waals surface area contributed by atoms with Crippen molar-refractivity contribution in [3.05, 3.63) is 40.0 Å². The van der Waals surface area contributed by atoms with Crippen LogP contribution in [0.1, 0.15) is 27.5 Å². The van der Waals surface area contributed by atoms with Gasteiger partial charge in [-0.1, -0.05) is 0 Å². The maximum atomic E-state index is 12.8. The van der Waals surface area contributed by atoms with Gasteiger partial charge in [-0.2, -0.15) is 0 Å². The Bertz CT molecular complexity index is 703. The number of aromatic nitrogens is 2. The quantitative estimate of drug-likeness (QED) is 0.849. The van der Waals surface area contributed by atoms with E-state index in [-0.39, 0.29) is 5.91 Å². The molecule has 2 aromatic heterocycles. The Morgan fingerprint density at radius 3 is 2.96 bits per heavy atom. The van der Waals surface area contributed by atoms with E-state index >= 15 is 0 Å². The zero-order valence-electron chi connectivity index (χ0n) is 14.1. The molecule has 2 aromatic rings. The minimum absolute atomic E-state index is 0.00805. The first-order valence-corrected chi connectivity index (χ1v) is 8.97. The molecule has 0 aromatic carbocycles. The van der Waals surface area contributed by atoms with Crippen molar-refractivity contribution in [2.24, 2.45) is 0 Å². The summed E-state index contributed by atoms with van der Waals surface area (Å²) in [5.74, 6) is 0.382. The normalized spacial score (nSPS) is 16.0. The lowest BCUT2D eigenvalue weighted by molar-refractivity contribution is 0.0757. The van der Waals surface area contributed by atoms with Crippen LogP contribution in [0.2, 0.25) is 0 Å². The zero-order valence-corrected chi connectivity index (χ0v) is 14.9. The third-order valence-corrected chi connectivity index (χ3v) is 4.95. The van der Waals surface area contributed by atoms with Crippen LogP contribution < -0.4 is 4.74 Å². The number of methoxy groups -OCH3 is 1. The van der Waals surface area contributed by atoms with Crippen molar-refractivity contribution in [3.8, 4) is 5.88 Å². The van der Waals surface area contributed by atoms with E-state index in [1.165, 1.54) is 0 Å². The molecule has 0 atom stereocenters. The van der Waals surface area contributed by atoms with Crippen molar-refractivity contribution in [3.63, 3.8) is 0 Å². The van der Waals surface area contributed by atoms with Crippen LogP contribution >= 0.6 is 11.3 Å². The molecule has 1 saturated heterocycles. The number of aryl methyl sites for hydroxylation is 1. The van der Waals surface area contributed by atoms with Gasteiger partial charge in [0.2, 0.25) is 5.88 Å². The first kappa shape index (κ1) is 16.9. The molecular weight excluding hydrogens is 324 g/mol. The molecule has 24 heavy (non-hydrogen) atoms. The van der Waals surface area contributed by atoms with E-state index in [1.54, 1.807) is 36.8 Å². The van der Waals surface area contributed by atoms with E-state index in [2.05, 4.69) is 20.2 Å². The maximum Gasteiger partial charge on any atom is 0.259 e. The fraction of sp³-hybridized carbons (Fsp3) is 0.471. The molecule has 0 spiro atoms. The fourth-order valence-corrected chi connectivity index (χ4v) is 3.53.